The molecule has 0 bridgehead atoms. The van der Waals surface area contributed by atoms with Crippen LogP contribution in [-0.4, -0.2) is 16.1 Å². The molecule has 0 spiro atoms. The molecule has 0 fully saturated rings. The van der Waals surface area contributed by atoms with Crippen LogP contribution < -0.4 is 0 Å². The molecule has 144 valence electrons. The van der Waals surface area contributed by atoms with Gasteiger partial charge in [-0.2, -0.15) is 0 Å². The van der Waals surface area contributed by atoms with Crippen molar-refractivity contribution in [2.75, 3.05) is 0 Å². The average molecular weight is 496 g/mol. The van der Waals surface area contributed by atoms with Crippen molar-refractivity contribution < 1.29 is 9.90 Å². The number of hydrogen-bond acceptors (Lipinski definition) is 2. The third-order valence-corrected chi connectivity index (χ3v) is 5.99. The van der Waals surface area contributed by atoms with E-state index in [-0.39, 0.29) is 26.5 Å². The molecular weight excluding hydrogens is 487 g/mol. The van der Waals surface area contributed by atoms with Crippen molar-refractivity contribution in [1.82, 2.24) is 4.98 Å². The number of aliphatic carboxylic acids is 1. The Balaban J connectivity index is 2.37. The Morgan fingerprint density at radius 2 is 1.18 bits per heavy atom. The number of pyridine rings is 1. The van der Waals surface area contributed by atoms with Crippen LogP contribution in [0, 0.1) is 0 Å². The van der Waals surface area contributed by atoms with Gasteiger partial charge >= 0.3 is 5.97 Å². The van der Waals surface area contributed by atoms with Crippen LogP contribution in [0.3, 0.4) is 0 Å². The fraction of sp³-hybridized carbons (Fsp3) is 0.0526. The first kappa shape index (κ1) is 21.5. The Labute approximate surface area is 190 Å². The predicted molar refractivity (Wildman–Crippen MR) is 117 cm³/mol. The first-order valence-electron chi connectivity index (χ1n) is 7.67. The summed E-state index contributed by atoms with van der Waals surface area (Å²) in [6, 6.07) is 6.18. The van der Waals surface area contributed by atoms with Gasteiger partial charge < -0.3 is 5.11 Å². The number of aromatic nitrogens is 1. The molecule has 9 heteroatoms. The van der Waals surface area contributed by atoms with Gasteiger partial charge in [0.15, 0.2) is 0 Å². The lowest BCUT2D eigenvalue weighted by atomic mass is 9.92. The first-order chi connectivity index (χ1) is 13.2. The van der Waals surface area contributed by atoms with Gasteiger partial charge in [0.1, 0.15) is 0 Å². The van der Waals surface area contributed by atoms with Crippen molar-refractivity contribution in [2.24, 2.45) is 0 Å². The molecule has 1 aromatic heterocycles. The average Bonchev–Trinajstić information content (AvgIpc) is 2.61. The second-order valence-corrected chi connectivity index (χ2v) is 8.23. The normalized spacial score (nSPS) is 10.9. The first-order valence-corrected chi connectivity index (χ1v) is 9.94. The third kappa shape index (κ3) is 4.35. The molecule has 0 amide bonds. The highest BCUT2D eigenvalue weighted by Crippen LogP contribution is 2.43. The number of hydrogen-bond donors (Lipinski definition) is 1. The van der Waals surface area contributed by atoms with E-state index >= 15 is 0 Å². The van der Waals surface area contributed by atoms with Gasteiger partial charge in [0.05, 0.1) is 26.5 Å². The zero-order valence-electron chi connectivity index (χ0n) is 13.7. The van der Waals surface area contributed by atoms with Crippen molar-refractivity contribution in [3.8, 4) is 22.3 Å². The fourth-order valence-electron chi connectivity index (χ4n) is 2.80. The van der Waals surface area contributed by atoms with Crippen LogP contribution in [0.1, 0.15) is 5.56 Å². The van der Waals surface area contributed by atoms with Crippen molar-refractivity contribution in [1.29, 1.82) is 0 Å². The number of halogens is 6. The van der Waals surface area contributed by atoms with E-state index in [1.54, 1.807) is 12.1 Å². The van der Waals surface area contributed by atoms with E-state index in [9.17, 15) is 9.90 Å². The summed E-state index contributed by atoms with van der Waals surface area (Å²) in [4.78, 5) is 15.8. The highest BCUT2D eigenvalue weighted by Gasteiger charge is 2.21. The molecule has 3 rings (SSSR count). The summed E-state index contributed by atoms with van der Waals surface area (Å²) in [7, 11) is 0. The fourth-order valence-corrected chi connectivity index (χ4v) is 4.21. The van der Waals surface area contributed by atoms with E-state index in [2.05, 4.69) is 4.98 Å². The van der Waals surface area contributed by atoms with E-state index < -0.39 is 5.97 Å². The van der Waals surface area contributed by atoms with Gasteiger partial charge in [-0.25, -0.2) is 0 Å². The summed E-state index contributed by atoms with van der Waals surface area (Å²) in [6.07, 6.45) is 2.67. The Morgan fingerprint density at radius 1 is 0.750 bits per heavy atom. The predicted octanol–water partition coefficient (Wildman–Crippen LogP) is 7.96. The lowest BCUT2D eigenvalue weighted by Crippen LogP contribution is -2.05. The minimum absolute atomic E-state index is 0.229. The van der Waals surface area contributed by atoms with E-state index in [1.165, 1.54) is 24.5 Å². The Hall–Kier alpha value is -1.20. The Morgan fingerprint density at radius 3 is 1.57 bits per heavy atom. The molecule has 0 radical (unpaired) electrons. The second-order valence-electron chi connectivity index (χ2n) is 5.78. The van der Waals surface area contributed by atoms with E-state index in [0.29, 0.717) is 37.9 Å². The highest BCUT2D eigenvalue weighted by molar-refractivity contribution is 6.46. The van der Waals surface area contributed by atoms with Gasteiger partial charge in [-0.1, -0.05) is 69.6 Å². The number of benzene rings is 2. The van der Waals surface area contributed by atoms with Crippen LogP contribution in [0.2, 0.25) is 30.1 Å². The standard InChI is InChI=1S/C19H9Cl6NO2/c20-8-1-11(18(24)15(22)3-8)13-6-26-7-14(10(13)5-17(27)28)12-2-9(21)4-16(23)19(12)25/h1-4,6-7H,5H2,(H,27,28). The molecular formula is C19H9Cl6NO2. The number of nitrogens with zero attached hydrogens (tertiary/aromatic N) is 1. The smallest absolute Gasteiger partial charge is 0.307 e. The molecule has 0 atom stereocenters. The maximum Gasteiger partial charge on any atom is 0.307 e. The van der Waals surface area contributed by atoms with E-state index in [0.717, 1.165) is 0 Å². The second kappa shape index (κ2) is 8.66. The number of carboxylic acid groups (broad SMARTS) is 1. The summed E-state index contributed by atoms with van der Waals surface area (Å²) in [6.45, 7) is 0. The topological polar surface area (TPSA) is 50.2 Å². The van der Waals surface area contributed by atoms with Crippen LogP contribution in [0.15, 0.2) is 36.7 Å². The quantitative estimate of drug-likeness (QED) is 0.373. The van der Waals surface area contributed by atoms with Gasteiger partial charge in [-0.3, -0.25) is 9.78 Å². The summed E-state index contributed by atoms with van der Waals surface area (Å²) in [5, 5.41) is 11.1. The molecule has 0 aliphatic heterocycles. The summed E-state index contributed by atoms with van der Waals surface area (Å²) < 4.78 is 0. The maximum atomic E-state index is 11.6. The number of rotatable bonds is 4. The zero-order chi connectivity index (χ0) is 20.6. The minimum Gasteiger partial charge on any atom is -0.481 e. The molecule has 28 heavy (non-hydrogen) atoms. The summed E-state index contributed by atoms with van der Waals surface area (Å²) in [5.74, 6) is -1.05. The minimum atomic E-state index is -1.05. The van der Waals surface area contributed by atoms with Crippen molar-refractivity contribution >= 4 is 75.6 Å². The van der Waals surface area contributed by atoms with Gasteiger partial charge in [0.2, 0.25) is 0 Å². The lowest BCUT2D eigenvalue weighted by Gasteiger charge is -2.17. The Kier molecular flexibility index (Phi) is 6.65. The van der Waals surface area contributed by atoms with Crippen LogP contribution in [0.25, 0.3) is 22.3 Å². The van der Waals surface area contributed by atoms with Crippen molar-refractivity contribution in [3.63, 3.8) is 0 Å². The van der Waals surface area contributed by atoms with Crippen LogP contribution >= 0.6 is 69.6 Å². The summed E-state index contributed by atoms with van der Waals surface area (Å²) in [5.41, 5.74) is 2.24. The zero-order valence-corrected chi connectivity index (χ0v) is 18.3. The molecule has 2 aromatic carbocycles. The maximum absolute atomic E-state index is 11.6. The molecule has 3 nitrogen and oxygen atoms in total. The van der Waals surface area contributed by atoms with Crippen LogP contribution in [0.4, 0.5) is 0 Å². The SMILES string of the molecule is O=C(O)Cc1c(-c2cc(Cl)cc(Cl)c2Cl)cncc1-c1cc(Cl)cc(Cl)c1Cl. The number of carbonyl (C=O) groups is 1. The molecule has 1 N–H and O–H groups in total. The monoisotopic (exact) mass is 493 g/mol. The largest absolute Gasteiger partial charge is 0.481 e. The lowest BCUT2D eigenvalue weighted by molar-refractivity contribution is -0.136. The van der Waals surface area contributed by atoms with E-state index in [1.807, 2.05) is 0 Å². The molecule has 1 heterocycles. The van der Waals surface area contributed by atoms with Crippen molar-refractivity contribution in [2.45, 2.75) is 6.42 Å². The van der Waals surface area contributed by atoms with Crippen LogP contribution in [-0.2, 0) is 11.2 Å². The highest BCUT2D eigenvalue weighted by atomic mass is 35.5. The molecule has 0 unspecified atom stereocenters. The molecule has 0 aliphatic carbocycles. The van der Waals surface area contributed by atoms with Gasteiger partial charge in [-0.15, -0.1) is 0 Å². The summed E-state index contributed by atoms with van der Waals surface area (Å²) >= 11 is 37.2. The van der Waals surface area contributed by atoms with Crippen molar-refractivity contribution in [3.05, 3.63) is 72.4 Å². The molecule has 0 saturated heterocycles. The van der Waals surface area contributed by atoms with Crippen LogP contribution in [0.5, 0.6) is 0 Å². The van der Waals surface area contributed by atoms with Gasteiger partial charge in [-0.05, 0) is 29.8 Å². The molecule has 0 saturated carbocycles. The molecule has 0 aliphatic rings. The number of carboxylic acids is 1. The Bertz CT molecular complexity index is 1020. The van der Waals surface area contributed by atoms with Gasteiger partial charge in [0.25, 0.3) is 0 Å². The molecule has 3 aromatic rings. The van der Waals surface area contributed by atoms with Gasteiger partial charge in [0, 0.05) is 44.7 Å². The van der Waals surface area contributed by atoms with E-state index in [4.69, 9.17) is 69.6 Å². The third-order valence-electron chi connectivity index (χ3n) is 3.95.